The number of benzene rings is 1. The smallest absolute Gasteiger partial charge is 0.343 e. The molecule has 0 radical (unpaired) electrons. The summed E-state index contributed by atoms with van der Waals surface area (Å²) in [5.74, 6) is -0.642. The van der Waals surface area contributed by atoms with Gasteiger partial charge in [-0.05, 0) is 26.0 Å². The van der Waals surface area contributed by atoms with Crippen LogP contribution >= 0.6 is 0 Å². The Bertz CT molecular complexity index is 472. The van der Waals surface area contributed by atoms with E-state index in [9.17, 15) is 9.59 Å². The number of nitrogens with one attached hydrogen (secondary N) is 1. The number of carbonyl (C=O) groups excluding carboxylic acids is 2. The van der Waals surface area contributed by atoms with Gasteiger partial charge in [-0.15, -0.1) is 0 Å². The van der Waals surface area contributed by atoms with Gasteiger partial charge in [-0.25, -0.2) is 4.79 Å². The quantitative estimate of drug-likeness (QED) is 0.612. The van der Waals surface area contributed by atoms with Gasteiger partial charge in [-0.1, -0.05) is 6.07 Å². The summed E-state index contributed by atoms with van der Waals surface area (Å²) in [5.41, 5.74) is 6.07. The number of anilines is 1. The number of esters is 1. The molecule has 0 aromatic heterocycles. The maximum atomic E-state index is 11.6. The highest BCUT2D eigenvalue weighted by molar-refractivity contribution is 5.98. The van der Waals surface area contributed by atoms with Crippen LogP contribution in [0.2, 0.25) is 0 Å². The molecule has 1 rings (SSSR count). The second kappa shape index (κ2) is 6.63. The van der Waals surface area contributed by atoms with Gasteiger partial charge in [0, 0.05) is 11.7 Å². The molecule has 0 heterocycles. The Kier molecular flexibility index (Phi) is 5.17. The molecule has 1 amide bonds. The first-order valence-electron chi connectivity index (χ1n) is 5.84. The van der Waals surface area contributed by atoms with Gasteiger partial charge in [-0.3, -0.25) is 4.79 Å². The van der Waals surface area contributed by atoms with Crippen molar-refractivity contribution in [3.63, 3.8) is 0 Å². The van der Waals surface area contributed by atoms with Gasteiger partial charge < -0.3 is 20.5 Å². The van der Waals surface area contributed by atoms with Gasteiger partial charge >= 0.3 is 5.97 Å². The lowest BCUT2D eigenvalue weighted by Gasteiger charge is -2.13. The number of hydrogen-bond donors (Lipinski definition) is 2. The molecule has 0 aliphatic heterocycles. The highest BCUT2D eigenvalue weighted by Gasteiger charge is 2.17. The number of carbonyl (C=O) groups is 2. The Balaban J connectivity index is 2.81. The van der Waals surface area contributed by atoms with Crippen molar-refractivity contribution in [2.24, 2.45) is 0 Å². The number of hydrogen-bond acceptors (Lipinski definition) is 5. The third-order valence-electron chi connectivity index (χ3n) is 2.26. The predicted molar refractivity (Wildman–Crippen MR) is 71.0 cm³/mol. The summed E-state index contributed by atoms with van der Waals surface area (Å²) in [4.78, 5) is 23.1. The van der Waals surface area contributed by atoms with Crippen molar-refractivity contribution in [3.05, 3.63) is 23.8 Å². The maximum Gasteiger partial charge on any atom is 0.343 e. The number of nitrogen functional groups attached to an aromatic ring is 1. The molecule has 0 spiro atoms. The second-order valence-corrected chi connectivity index (χ2v) is 4.22. The van der Waals surface area contributed by atoms with Gasteiger partial charge in [0.05, 0.1) is 7.11 Å². The highest BCUT2D eigenvalue weighted by atomic mass is 16.5. The van der Waals surface area contributed by atoms with Crippen molar-refractivity contribution in [2.45, 2.75) is 19.9 Å². The van der Waals surface area contributed by atoms with Crippen molar-refractivity contribution in [1.29, 1.82) is 0 Å². The molecule has 1 aromatic rings. The van der Waals surface area contributed by atoms with E-state index in [0.29, 0.717) is 0 Å². The Morgan fingerprint density at radius 2 is 2.05 bits per heavy atom. The molecule has 6 nitrogen and oxygen atoms in total. The van der Waals surface area contributed by atoms with Crippen molar-refractivity contribution in [1.82, 2.24) is 5.32 Å². The molecule has 0 saturated carbocycles. The van der Waals surface area contributed by atoms with Crippen LogP contribution in [0.3, 0.4) is 0 Å². The first-order valence-corrected chi connectivity index (χ1v) is 5.84. The van der Waals surface area contributed by atoms with Crippen molar-refractivity contribution in [2.75, 3.05) is 19.5 Å². The van der Waals surface area contributed by atoms with Crippen molar-refractivity contribution < 1.29 is 19.1 Å². The fraction of sp³-hybridized carbons (Fsp3) is 0.385. The van der Waals surface area contributed by atoms with E-state index in [1.165, 1.54) is 7.11 Å². The minimum atomic E-state index is -0.600. The summed E-state index contributed by atoms with van der Waals surface area (Å²) in [5, 5.41) is 2.68. The zero-order chi connectivity index (χ0) is 14.4. The lowest BCUT2D eigenvalue weighted by molar-refractivity contribution is -0.123. The van der Waals surface area contributed by atoms with Crippen LogP contribution < -0.4 is 15.8 Å². The molecule has 0 atom stereocenters. The van der Waals surface area contributed by atoms with Crippen molar-refractivity contribution in [3.8, 4) is 5.75 Å². The highest BCUT2D eigenvalue weighted by Crippen LogP contribution is 2.25. The third kappa shape index (κ3) is 4.17. The van der Waals surface area contributed by atoms with E-state index in [1.54, 1.807) is 18.2 Å². The molecule has 0 saturated heterocycles. The van der Waals surface area contributed by atoms with Gasteiger partial charge in [0.1, 0.15) is 11.3 Å². The van der Waals surface area contributed by atoms with Crippen LogP contribution in [-0.4, -0.2) is 31.6 Å². The molecular weight excluding hydrogens is 248 g/mol. The van der Waals surface area contributed by atoms with E-state index in [1.807, 2.05) is 13.8 Å². The predicted octanol–water partition coefficient (Wildman–Crippen LogP) is 0.959. The van der Waals surface area contributed by atoms with Crippen LogP contribution in [0.1, 0.15) is 24.2 Å². The van der Waals surface area contributed by atoms with Crippen LogP contribution in [0.5, 0.6) is 5.75 Å². The van der Waals surface area contributed by atoms with E-state index in [0.717, 1.165) is 0 Å². The first kappa shape index (κ1) is 14.8. The summed E-state index contributed by atoms with van der Waals surface area (Å²) >= 11 is 0. The normalized spacial score (nSPS) is 10.1. The Morgan fingerprint density at radius 1 is 1.37 bits per heavy atom. The molecule has 1 aromatic carbocycles. The topological polar surface area (TPSA) is 90.7 Å². The fourth-order valence-electron chi connectivity index (χ4n) is 1.50. The number of ether oxygens (including phenoxy) is 2. The fourth-order valence-corrected chi connectivity index (χ4v) is 1.50. The number of nitrogens with two attached hydrogens (primary N) is 1. The van der Waals surface area contributed by atoms with E-state index < -0.39 is 5.97 Å². The van der Waals surface area contributed by atoms with Gasteiger partial charge in [0.25, 0.3) is 5.91 Å². The van der Waals surface area contributed by atoms with Crippen LogP contribution in [0.15, 0.2) is 18.2 Å². The van der Waals surface area contributed by atoms with Crippen LogP contribution in [0.4, 0.5) is 5.69 Å². The average Bonchev–Trinajstić information content (AvgIpc) is 2.34. The summed E-state index contributed by atoms with van der Waals surface area (Å²) in [6.45, 7) is 3.50. The standard InChI is InChI=1S/C13H18N2O4/c1-8(2)15-11(16)7-19-10-6-4-5-9(14)12(10)13(17)18-3/h4-6,8H,7,14H2,1-3H3,(H,15,16). The zero-order valence-electron chi connectivity index (χ0n) is 11.2. The molecule has 0 fully saturated rings. The average molecular weight is 266 g/mol. The number of amides is 1. The molecule has 0 bridgehead atoms. The van der Waals surface area contributed by atoms with Gasteiger partial charge in [-0.2, -0.15) is 0 Å². The van der Waals surface area contributed by atoms with Gasteiger partial charge in [0.2, 0.25) is 0 Å². The Hall–Kier alpha value is -2.24. The van der Waals surface area contributed by atoms with E-state index in [-0.39, 0.29) is 35.6 Å². The molecule has 0 aliphatic rings. The SMILES string of the molecule is COC(=O)c1c(N)cccc1OCC(=O)NC(C)C. The van der Waals surface area contributed by atoms with Crippen LogP contribution in [0, 0.1) is 0 Å². The minimum absolute atomic E-state index is 0.0250. The summed E-state index contributed by atoms with van der Waals surface area (Å²) in [6.07, 6.45) is 0. The molecule has 0 unspecified atom stereocenters. The minimum Gasteiger partial charge on any atom is -0.483 e. The molecule has 19 heavy (non-hydrogen) atoms. The maximum absolute atomic E-state index is 11.6. The molecule has 0 aliphatic carbocycles. The Morgan fingerprint density at radius 3 is 2.63 bits per heavy atom. The lowest BCUT2D eigenvalue weighted by Crippen LogP contribution is -2.34. The summed E-state index contributed by atoms with van der Waals surface area (Å²) < 4.78 is 9.94. The molecule has 104 valence electrons. The third-order valence-corrected chi connectivity index (χ3v) is 2.26. The molecular formula is C13H18N2O4. The van der Waals surface area contributed by atoms with Crippen LogP contribution in [-0.2, 0) is 9.53 Å². The van der Waals surface area contributed by atoms with Crippen LogP contribution in [0.25, 0.3) is 0 Å². The zero-order valence-corrected chi connectivity index (χ0v) is 11.2. The molecule has 6 heteroatoms. The van der Waals surface area contributed by atoms with E-state index in [2.05, 4.69) is 10.1 Å². The largest absolute Gasteiger partial charge is 0.483 e. The number of rotatable bonds is 5. The lowest BCUT2D eigenvalue weighted by atomic mass is 10.1. The van der Waals surface area contributed by atoms with E-state index in [4.69, 9.17) is 10.5 Å². The number of methoxy groups -OCH3 is 1. The second-order valence-electron chi connectivity index (χ2n) is 4.22. The summed E-state index contributed by atoms with van der Waals surface area (Å²) in [7, 11) is 1.25. The Labute approximate surface area is 111 Å². The summed E-state index contributed by atoms with van der Waals surface area (Å²) in [6, 6.07) is 4.78. The monoisotopic (exact) mass is 266 g/mol. The first-order chi connectivity index (χ1) is 8.95. The van der Waals surface area contributed by atoms with Gasteiger partial charge in [0.15, 0.2) is 6.61 Å². The van der Waals surface area contributed by atoms with E-state index >= 15 is 0 Å². The molecule has 3 N–H and O–H groups in total. The van der Waals surface area contributed by atoms with Crippen molar-refractivity contribution >= 4 is 17.6 Å².